The Bertz CT molecular complexity index is 679. The van der Waals surface area contributed by atoms with E-state index in [9.17, 15) is 0 Å². The minimum atomic E-state index is 0.811. The van der Waals surface area contributed by atoms with Gasteiger partial charge < -0.3 is 10.2 Å². The van der Waals surface area contributed by atoms with Gasteiger partial charge in [-0.25, -0.2) is 9.97 Å². The summed E-state index contributed by atoms with van der Waals surface area (Å²) in [5.41, 5.74) is 5.98. The van der Waals surface area contributed by atoms with Crippen molar-refractivity contribution in [2.75, 3.05) is 30.4 Å². The van der Waals surface area contributed by atoms with E-state index in [1.807, 2.05) is 6.92 Å². The van der Waals surface area contributed by atoms with E-state index >= 15 is 0 Å². The number of aromatic nitrogens is 2. The van der Waals surface area contributed by atoms with Gasteiger partial charge in [-0.2, -0.15) is 0 Å². The standard InChI is InChI=1S/C17H22N4/c1-5-18-16-11(2)12(3)19-17(20-16)14-6-7-15-13(10-14)8-9-21(15)4/h6-7,10H,5,8-9H2,1-4H3,(H,18,19,20). The lowest BCUT2D eigenvalue weighted by Crippen LogP contribution is -2.12. The first-order valence-electron chi connectivity index (χ1n) is 7.53. The van der Waals surface area contributed by atoms with Crippen molar-refractivity contribution < 1.29 is 0 Å². The topological polar surface area (TPSA) is 41.1 Å². The van der Waals surface area contributed by atoms with E-state index in [0.29, 0.717) is 0 Å². The number of nitrogens with one attached hydrogen (secondary N) is 1. The predicted octanol–water partition coefficient (Wildman–Crippen LogP) is 3.18. The molecule has 0 fully saturated rings. The number of anilines is 2. The average Bonchev–Trinajstić information content (AvgIpc) is 2.85. The van der Waals surface area contributed by atoms with Crippen LogP contribution in [0.25, 0.3) is 11.4 Å². The van der Waals surface area contributed by atoms with Crippen LogP contribution in [0.4, 0.5) is 11.5 Å². The van der Waals surface area contributed by atoms with Crippen LogP contribution >= 0.6 is 0 Å². The largest absolute Gasteiger partial charge is 0.374 e. The smallest absolute Gasteiger partial charge is 0.161 e. The molecule has 4 nitrogen and oxygen atoms in total. The van der Waals surface area contributed by atoms with Crippen molar-refractivity contribution in [3.63, 3.8) is 0 Å². The molecule has 4 heteroatoms. The van der Waals surface area contributed by atoms with E-state index in [0.717, 1.165) is 48.0 Å². The van der Waals surface area contributed by atoms with Crippen LogP contribution in [0.5, 0.6) is 0 Å². The summed E-state index contributed by atoms with van der Waals surface area (Å²) in [6.07, 6.45) is 1.10. The van der Waals surface area contributed by atoms with E-state index in [1.165, 1.54) is 11.3 Å². The molecule has 2 aromatic rings. The maximum atomic E-state index is 4.70. The summed E-state index contributed by atoms with van der Waals surface area (Å²) in [5, 5.41) is 3.33. The highest BCUT2D eigenvalue weighted by atomic mass is 15.1. The number of aryl methyl sites for hydroxylation is 1. The molecule has 3 rings (SSSR count). The van der Waals surface area contributed by atoms with Crippen LogP contribution in [0.1, 0.15) is 23.7 Å². The van der Waals surface area contributed by atoms with Crippen LogP contribution in [0.2, 0.25) is 0 Å². The van der Waals surface area contributed by atoms with Crippen molar-refractivity contribution in [2.24, 2.45) is 0 Å². The Morgan fingerprint density at radius 3 is 2.81 bits per heavy atom. The molecule has 110 valence electrons. The van der Waals surface area contributed by atoms with Gasteiger partial charge in [0.2, 0.25) is 0 Å². The van der Waals surface area contributed by atoms with Crippen LogP contribution < -0.4 is 10.2 Å². The molecule has 0 amide bonds. The number of hydrogen-bond donors (Lipinski definition) is 1. The summed E-state index contributed by atoms with van der Waals surface area (Å²) >= 11 is 0. The van der Waals surface area contributed by atoms with Gasteiger partial charge in [-0.3, -0.25) is 0 Å². The Hall–Kier alpha value is -2.10. The van der Waals surface area contributed by atoms with E-state index in [4.69, 9.17) is 4.98 Å². The fraction of sp³-hybridized carbons (Fsp3) is 0.412. The van der Waals surface area contributed by atoms with E-state index in [1.54, 1.807) is 0 Å². The van der Waals surface area contributed by atoms with E-state index in [2.05, 4.69) is 54.3 Å². The number of nitrogens with zero attached hydrogens (tertiary/aromatic N) is 3. The summed E-state index contributed by atoms with van der Waals surface area (Å²) < 4.78 is 0. The predicted molar refractivity (Wildman–Crippen MR) is 88.1 cm³/mol. The van der Waals surface area contributed by atoms with Crippen LogP contribution in [0.3, 0.4) is 0 Å². The number of likely N-dealkylation sites (N-methyl/N-ethyl adjacent to an activating group) is 1. The highest BCUT2D eigenvalue weighted by molar-refractivity contribution is 5.68. The quantitative estimate of drug-likeness (QED) is 0.938. The first-order valence-corrected chi connectivity index (χ1v) is 7.53. The van der Waals surface area contributed by atoms with Crippen LogP contribution in [0, 0.1) is 13.8 Å². The third-order valence-corrected chi connectivity index (χ3v) is 4.20. The van der Waals surface area contributed by atoms with Gasteiger partial charge in [-0.05, 0) is 51.0 Å². The number of benzene rings is 1. The van der Waals surface area contributed by atoms with Gasteiger partial charge in [0.05, 0.1) is 0 Å². The second-order valence-corrected chi connectivity index (χ2v) is 5.65. The molecule has 0 aliphatic carbocycles. The van der Waals surface area contributed by atoms with Gasteiger partial charge in [0.15, 0.2) is 5.82 Å². The number of rotatable bonds is 3. The molecule has 1 aliphatic heterocycles. The lowest BCUT2D eigenvalue weighted by Gasteiger charge is -2.13. The molecule has 0 radical (unpaired) electrons. The molecule has 0 saturated heterocycles. The van der Waals surface area contributed by atoms with Gasteiger partial charge in [-0.15, -0.1) is 0 Å². The Balaban J connectivity index is 2.05. The zero-order valence-electron chi connectivity index (χ0n) is 13.2. The fourth-order valence-electron chi connectivity index (χ4n) is 2.80. The molecule has 1 aromatic carbocycles. The van der Waals surface area contributed by atoms with E-state index in [-0.39, 0.29) is 0 Å². The zero-order valence-corrected chi connectivity index (χ0v) is 13.2. The Kier molecular flexibility index (Phi) is 3.53. The maximum absolute atomic E-state index is 4.70. The first-order chi connectivity index (χ1) is 10.1. The van der Waals surface area contributed by atoms with Gasteiger partial charge in [0, 0.05) is 42.6 Å². The van der Waals surface area contributed by atoms with Gasteiger partial charge in [-0.1, -0.05) is 0 Å². The molecule has 1 N–H and O–H groups in total. The monoisotopic (exact) mass is 282 g/mol. The molecule has 1 aromatic heterocycles. The molecule has 0 bridgehead atoms. The second-order valence-electron chi connectivity index (χ2n) is 5.65. The number of hydrogen-bond acceptors (Lipinski definition) is 4. The fourth-order valence-corrected chi connectivity index (χ4v) is 2.80. The van der Waals surface area contributed by atoms with Crippen molar-refractivity contribution in [2.45, 2.75) is 27.2 Å². The molecule has 2 heterocycles. The van der Waals surface area contributed by atoms with Gasteiger partial charge >= 0.3 is 0 Å². The molecule has 0 saturated carbocycles. The Labute approximate surface area is 126 Å². The SMILES string of the molecule is CCNc1nc(-c2ccc3c(c2)CCN3C)nc(C)c1C. The summed E-state index contributed by atoms with van der Waals surface area (Å²) in [7, 11) is 2.14. The van der Waals surface area contributed by atoms with Crippen molar-refractivity contribution in [1.82, 2.24) is 9.97 Å². The summed E-state index contributed by atoms with van der Waals surface area (Å²) in [4.78, 5) is 11.7. The minimum absolute atomic E-state index is 0.811. The summed E-state index contributed by atoms with van der Waals surface area (Å²) in [6.45, 7) is 8.15. The van der Waals surface area contributed by atoms with Crippen molar-refractivity contribution >= 4 is 11.5 Å². The maximum Gasteiger partial charge on any atom is 0.161 e. The zero-order chi connectivity index (χ0) is 15.0. The molecule has 21 heavy (non-hydrogen) atoms. The second kappa shape index (κ2) is 5.35. The van der Waals surface area contributed by atoms with Crippen LogP contribution in [0.15, 0.2) is 18.2 Å². The lowest BCUT2D eigenvalue weighted by atomic mass is 10.1. The van der Waals surface area contributed by atoms with Crippen LogP contribution in [-0.4, -0.2) is 30.1 Å². The Morgan fingerprint density at radius 1 is 1.24 bits per heavy atom. The lowest BCUT2D eigenvalue weighted by molar-refractivity contribution is 0.956. The minimum Gasteiger partial charge on any atom is -0.374 e. The van der Waals surface area contributed by atoms with Crippen molar-refractivity contribution in [1.29, 1.82) is 0 Å². The highest BCUT2D eigenvalue weighted by Gasteiger charge is 2.17. The van der Waals surface area contributed by atoms with Crippen LogP contribution in [-0.2, 0) is 6.42 Å². The average molecular weight is 282 g/mol. The Morgan fingerprint density at radius 2 is 2.05 bits per heavy atom. The van der Waals surface area contributed by atoms with E-state index < -0.39 is 0 Å². The molecule has 1 aliphatic rings. The molecule has 0 unspecified atom stereocenters. The van der Waals surface area contributed by atoms with Crippen molar-refractivity contribution in [3.05, 3.63) is 35.0 Å². The van der Waals surface area contributed by atoms with Gasteiger partial charge in [0.25, 0.3) is 0 Å². The van der Waals surface area contributed by atoms with Crippen molar-refractivity contribution in [3.8, 4) is 11.4 Å². The third-order valence-electron chi connectivity index (χ3n) is 4.20. The molecular formula is C17H22N4. The first kappa shape index (κ1) is 13.9. The third kappa shape index (κ3) is 2.46. The van der Waals surface area contributed by atoms with Gasteiger partial charge in [0.1, 0.15) is 5.82 Å². The molecular weight excluding hydrogens is 260 g/mol. The number of fused-ring (bicyclic) bond motifs is 1. The summed E-state index contributed by atoms with van der Waals surface area (Å²) in [6, 6.07) is 6.54. The summed E-state index contributed by atoms with van der Waals surface area (Å²) in [5.74, 6) is 1.75. The normalized spacial score (nSPS) is 13.4. The molecule has 0 spiro atoms. The highest BCUT2D eigenvalue weighted by Crippen LogP contribution is 2.31. The molecule has 0 atom stereocenters.